The average Bonchev–Trinajstić information content (AvgIpc) is 3.23. The molecule has 0 bridgehead atoms. The smallest absolute Gasteiger partial charge is 0.307 e. The maximum atomic E-state index is 12.8. The Balaban J connectivity index is 1.36. The van der Waals surface area contributed by atoms with Crippen LogP contribution in [0, 0.1) is 34.5 Å². The number of anilines is 2. The van der Waals surface area contributed by atoms with Crippen LogP contribution in [0.25, 0.3) is 0 Å². The lowest BCUT2D eigenvalue weighted by molar-refractivity contribution is -0.146. The van der Waals surface area contributed by atoms with Gasteiger partial charge in [0.05, 0.1) is 23.2 Å². The van der Waals surface area contributed by atoms with E-state index in [9.17, 15) is 24.8 Å². The number of benzene rings is 1. The Kier molecular flexibility index (Phi) is 8.64. The number of aliphatic carboxylic acids is 1. The molecular formula is C29H33N3O4S2. The van der Waals surface area contributed by atoms with Crippen LogP contribution in [0.5, 0.6) is 0 Å². The second-order valence-electron chi connectivity index (χ2n) is 11.0. The van der Waals surface area contributed by atoms with Crippen LogP contribution in [0.15, 0.2) is 41.3 Å². The third-order valence-electron chi connectivity index (χ3n) is 7.41. The Morgan fingerprint density at radius 2 is 1.89 bits per heavy atom. The fraction of sp³-hybridized carbons (Fsp3) is 0.448. The van der Waals surface area contributed by atoms with E-state index >= 15 is 0 Å². The lowest BCUT2D eigenvalue weighted by Gasteiger charge is -2.33. The predicted octanol–water partition coefficient (Wildman–Crippen LogP) is 6.11. The third kappa shape index (κ3) is 6.48. The van der Waals surface area contributed by atoms with Crippen LogP contribution >= 0.6 is 23.1 Å². The Bertz CT molecular complexity index is 1300. The summed E-state index contributed by atoms with van der Waals surface area (Å²) in [5.74, 6) is -2.12. The van der Waals surface area contributed by atoms with Gasteiger partial charge in [-0.1, -0.05) is 39.0 Å². The number of thiophene rings is 1. The van der Waals surface area contributed by atoms with Crippen molar-refractivity contribution in [1.29, 1.82) is 5.26 Å². The highest BCUT2D eigenvalue weighted by Crippen LogP contribution is 2.44. The lowest BCUT2D eigenvalue weighted by Crippen LogP contribution is -2.34. The quantitative estimate of drug-likeness (QED) is 0.282. The molecule has 0 radical (unpaired) electrons. The molecule has 0 saturated heterocycles. The summed E-state index contributed by atoms with van der Waals surface area (Å²) in [7, 11) is 0. The molecule has 2 aliphatic rings. The van der Waals surface area contributed by atoms with Gasteiger partial charge in [-0.15, -0.1) is 23.1 Å². The largest absolute Gasteiger partial charge is 0.481 e. The van der Waals surface area contributed by atoms with E-state index in [4.69, 9.17) is 0 Å². The molecule has 7 nitrogen and oxygen atoms in total. The van der Waals surface area contributed by atoms with Gasteiger partial charge in [0.1, 0.15) is 11.1 Å². The van der Waals surface area contributed by atoms with E-state index in [1.165, 1.54) is 28.0 Å². The number of amides is 2. The molecule has 200 valence electrons. The van der Waals surface area contributed by atoms with Gasteiger partial charge in [-0.3, -0.25) is 14.4 Å². The van der Waals surface area contributed by atoms with Crippen molar-refractivity contribution in [1.82, 2.24) is 0 Å². The summed E-state index contributed by atoms with van der Waals surface area (Å²) in [6.07, 6.45) is 7.24. The van der Waals surface area contributed by atoms with Crippen molar-refractivity contribution in [2.75, 3.05) is 16.4 Å². The van der Waals surface area contributed by atoms with Crippen molar-refractivity contribution in [2.45, 2.75) is 57.8 Å². The zero-order valence-corrected chi connectivity index (χ0v) is 23.5. The Morgan fingerprint density at radius 1 is 1.16 bits per heavy atom. The summed E-state index contributed by atoms with van der Waals surface area (Å²) < 4.78 is 0. The van der Waals surface area contributed by atoms with E-state index in [1.54, 1.807) is 24.3 Å². The number of rotatable bonds is 7. The first kappa shape index (κ1) is 27.9. The first-order valence-corrected chi connectivity index (χ1v) is 14.6. The first-order chi connectivity index (χ1) is 18.1. The molecular weight excluding hydrogens is 518 g/mol. The minimum Gasteiger partial charge on any atom is -0.481 e. The molecule has 38 heavy (non-hydrogen) atoms. The van der Waals surface area contributed by atoms with E-state index in [0.29, 0.717) is 35.0 Å². The number of carboxylic acids is 1. The van der Waals surface area contributed by atoms with Gasteiger partial charge in [0.25, 0.3) is 0 Å². The molecule has 3 unspecified atom stereocenters. The van der Waals surface area contributed by atoms with Crippen molar-refractivity contribution in [3.63, 3.8) is 0 Å². The van der Waals surface area contributed by atoms with Gasteiger partial charge in [-0.25, -0.2) is 0 Å². The van der Waals surface area contributed by atoms with Crippen molar-refractivity contribution in [2.24, 2.45) is 23.2 Å². The Hall–Kier alpha value is -3.09. The van der Waals surface area contributed by atoms with Gasteiger partial charge in [0, 0.05) is 15.5 Å². The molecule has 2 amide bonds. The van der Waals surface area contributed by atoms with Gasteiger partial charge < -0.3 is 15.7 Å². The Morgan fingerprint density at radius 3 is 2.58 bits per heavy atom. The molecule has 0 fully saturated rings. The SMILES string of the molecule is CC(C)(C)C1CCc2c(sc(NC(=O)CSc3cccc(NC(=O)C4CC=CCC4C(=O)O)c3)c2C#N)C1. The number of carbonyl (C=O) groups is 3. The number of thioether (sulfide) groups is 1. The molecule has 2 aliphatic carbocycles. The molecule has 0 aliphatic heterocycles. The minimum absolute atomic E-state index is 0.157. The summed E-state index contributed by atoms with van der Waals surface area (Å²) in [5, 5.41) is 25.7. The van der Waals surface area contributed by atoms with Gasteiger partial charge in [-0.2, -0.15) is 5.26 Å². The molecule has 1 aromatic carbocycles. The highest BCUT2D eigenvalue weighted by Gasteiger charge is 2.34. The van der Waals surface area contributed by atoms with Crippen molar-refractivity contribution >= 4 is 51.6 Å². The van der Waals surface area contributed by atoms with E-state index < -0.39 is 17.8 Å². The van der Waals surface area contributed by atoms with E-state index in [1.807, 2.05) is 12.1 Å². The molecule has 3 N–H and O–H groups in total. The maximum absolute atomic E-state index is 12.8. The summed E-state index contributed by atoms with van der Waals surface area (Å²) in [4.78, 5) is 39.1. The second kappa shape index (κ2) is 11.7. The Labute approximate surface area is 231 Å². The number of nitriles is 1. The van der Waals surface area contributed by atoms with Gasteiger partial charge in [0.15, 0.2) is 0 Å². The van der Waals surface area contributed by atoms with Crippen LogP contribution in [0.3, 0.4) is 0 Å². The van der Waals surface area contributed by atoms with Crippen LogP contribution in [0.4, 0.5) is 10.7 Å². The van der Waals surface area contributed by atoms with Crippen molar-refractivity contribution in [3.8, 4) is 6.07 Å². The number of hydrogen-bond donors (Lipinski definition) is 3. The highest BCUT2D eigenvalue weighted by atomic mass is 32.2. The fourth-order valence-electron chi connectivity index (χ4n) is 5.12. The fourth-order valence-corrected chi connectivity index (χ4v) is 7.17. The van der Waals surface area contributed by atoms with Crippen LogP contribution in [0.1, 0.15) is 56.0 Å². The predicted molar refractivity (Wildman–Crippen MR) is 151 cm³/mol. The van der Waals surface area contributed by atoms with Crippen LogP contribution in [-0.2, 0) is 27.2 Å². The monoisotopic (exact) mass is 551 g/mol. The van der Waals surface area contributed by atoms with Gasteiger partial charge in [0.2, 0.25) is 11.8 Å². The van der Waals surface area contributed by atoms with E-state index in [0.717, 1.165) is 29.7 Å². The van der Waals surface area contributed by atoms with Gasteiger partial charge in [-0.05, 0) is 67.2 Å². The number of allylic oxidation sites excluding steroid dienone is 2. The number of fused-ring (bicyclic) bond motifs is 1. The van der Waals surface area contributed by atoms with Gasteiger partial charge >= 0.3 is 5.97 Å². The summed E-state index contributed by atoms with van der Waals surface area (Å²) >= 11 is 2.86. The number of nitrogens with zero attached hydrogens (tertiary/aromatic N) is 1. The van der Waals surface area contributed by atoms with Crippen molar-refractivity contribution in [3.05, 3.63) is 52.4 Å². The van der Waals surface area contributed by atoms with Crippen LogP contribution in [0.2, 0.25) is 0 Å². The van der Waals surface area contributed by atoms with E-state index in [-0.39, 0.29) is 23.0 Å². The topological polar surface area (TPSA) is 119 Å². The first-order valence-electron chi connectivity index (χ1n) is 12.8. The van der Waals surface area contributed by atoms with Crippen LogP contribution in [-0.4, -0.2) is 28.6 Å². The number of carbonyl (C=O) groups excluding carboxylic acids is 2. The maximum Gasteiger partial charge on any atom is 0.307 e. The zero-order chi connectivity index (χ0) is 27.4. The summed E-state index contributed by atoms with van der Waals surface area (Å²) in [6, 6.07) is 9.48. The number of nitrogens with one attached hydrogen (secondary N) is 2. The molecule has 1 aromatic heterocycles. The molecule has 3 atom stereocenters. The molecule has 0 saturated carbocycles. The number of carboxylic acid groups (broad SMARTS) is 1. The molecule has 1 heterocycles. The summed E-state index contributed by atoms with van der Waals surface area (Å²) in [5.41, 5.74) is 2.44. The molecule has 9 heteroatoms. The zero-order valence-electron chi connectivity index (χ0n) is 21.9. The third-order valence-corrected chi connectivity index (χ3v) is 9.58. The van der Waals surface area contributed by atoms with Crippen LogP contribution < -0.4 is 10.6 Å². The minimum atomic E-state index is -0.968. The standard InChI is InChI=1S/C29H33N3O4S2/c1-29(2,3)17-11-12-20-23(15-30)27(38-24(20)13-17)32-25(33)16-37-19-8-6-7-18(14-19)31-26(34)21-9-4-5-10-22(21)28(35)36/h4-8,14,17,21-22H,9-13,16H2,1-3H3,(H,31,34)(H,32,33)(H,35,36). The average molecular weight is 552 g/mol. The molecule has 2 aromatic rings. The number of hydrogen-bond acceptors (Lipinski definition) is 6. The van der Waals surface area contributed by atoms with E-state index in [2.05, 4.69) is 37.5 Å². The molecule has 4 rings (SSSR count). The summed E-state index contributed by atoms with van der Waals surface area (Å²) in [6.45, 7) is 6.76. The highest BCUT2D eigenvalue weighted by molar-refractivity contribution is 8.00. The second-order valence-corrected chi connectivity index (χ2v) is 13.1. The van der Waals surface area contributed by atoms with Crippen molar-refractivity contribution < 1.29 is 19.5 Å². The normalized spacial score (nSPS) is 20.7. The lowest BCUT2D eigenvalue weighted by atomic mass is 9.72. The molecule has 0 spiro atoms.